The first kappa shape index (κ1) is 55.4. The average Bonchev–Trinajstić information content (AvgIpc) is 3.11. The molecule has 0 amide bonds. The van der Waals surface area contributed by atoms with Gasteiger partial charge in [0, 0.05) is 0 Å². The van der Waals surface area contributed by atoms with Gasteiger partial charge in [0.05, 0.1) is 5.66 Å². The first-order valence-corrected chi connectivity index (χ1v) is 25.0. The Morgan fingerprint density at radius 1 is 0.353 bits per heavy atom. The first-order valence-electron chi connectivity index (χ1n) is 23.3. The van der Waals surface area contributed by atoms with Crippen LogP contribution in [0.15, 0.2) is 0 Å². The van der Waals surface area contributed by atoms with Crippen LogP contribution in [0.3, 0.4) is 0 Å². The van der Waals surface area contributed by atoms with Gasteiger partial charge in [-0.3, -0.25) is 4.57 Å². The van der Waals surface area contributed by atoms with Crippen LogP contribution in [-0.4, -0.2) is 41.6 Å². The molecule has 0 spiro atoms. The normalized spacial score (nSPS) is 11.9. The van der Waals surface area contributed by atoms with Crippen molar-refractivity contribution in [1.82, 2.24) is 10.6 Å². The predicted octanol–water partition coefficient (Wildman–Crippen LogP) is 15.1. The van der Waals surface area contributed by atoms with Gasteiger partial charge in [-0.1, -0.05) is 228 Å². The fraction of sp³-hybridized carbons (Fsp3) is 1.00. The van der Waals surface area contributed by atoms with Crippen molar-refractivity contribution in [3.63, 3.8) is 0 Å². The van der Waals surface area contributed by atoms with Gasteiger partial charge < -0.3 is 20.4 Å². The number of rotatable bonds is 39. The molecular formula is C45H99N2O3P. The maximum atomic E-state index is 10.9. The van der Waals surface area contributed by atoms with Crippen molar-refractivity contribution in [3.8, 4) is 0 Å². The third kappa shape index (κ3) is 57.0. The van der Waals surface area contributed by atoms with Gasteiger partial charge in [-0.2, -0.15) is 0 Å². The van der Waals surface area contributed by atoms with Crippen molar-refractivity contribution < 1.29 is 14.4 Å². The van der Waals surface area contributed by atoms with E-state index < -0.39 is 13.3 Å². The third-order valence-corrected chi connectivity index (χ3v) is 11.5. The van der Waals surface area contributed by atoms with Gasteiger partial charge in [0.25, 0.3) is 0 Å². The van der Waals surface area contributed by atoms with Crippen LogP contribution in [0, 0.1) is 0 Å². The molecule has 0 aliphatic carbocycles. The maximum Gasteiger partial charge on any atom is 0.328 e. The van der Waals surface area contributed by atoms with Crippen LogP contribution in [0.25, 0.3) is 0 Å². The highest BCUT2D eigenvalue weighted by atomic mass is 31.2. The fourth-order valence-electron chi connectivity index (χ4n) is 6.29. The van der Waals surface area contributed by atoms with Gasteiger partial charge in [-0.25, -0.2) is 0 Å². The molecule has 0 saturated carbocycles. The molecule has 4 N–H and O–H groups in total. The second-order valence-electron chi connectivity index (χ2n) is 15.6. The van der Waals surface area contributed by atoms with E-state index in [9.17, 15) is 4.57 Å². The lowest BCUT2D eigenvalue weighted by atomic mass is 10.1. The second kappa shape index (κ2) is 50.1. The van der Waals surface area contributed by atoms with Crippen LogP contribution in [0.5, 0.6) is 0 Å². The van der Waals surface area contributed by atoms with Crippen LogP contribution in [0.2, 0.25) is 0 Å². The minimum absolute atomic E-state index is 0.466. The summed E-state index contributed by atoms with van der Waals surface area (Å²) in [7, 11) is -3.83. The molecule has 0 aliphatic rings. The van der Waals surface area contributed by atoms with Crippen molar-refractivity contribution in [2.24, 2.45) is 0 Å². The van der Waals surface area contributed by atoms with Gasteiger partial charge in [0.15, 0.2) is 0 Å². The molecule has 0 aromatic heterocycles. The summed E-state index contributed by atoms with van der Waals surface area (Å²) in [5.74, 6) is 0. The van der Waals surface area contributed by atoms with Crippen molar-refractivity contribution >= 4 is 7.60 Å². The van der Waals surface area contributed by atoms with Crippen LogP contribution >= 0.6 is 7.60 Å². The lowest BCUT2D eigenvalue weighted by Gasteiger charge is -2.12. The van der Waals surface area contributed by atoms with Gasteiger partial charge >= 0.3 is 7.60 Å². The Kier molecular flexibility index (Phi) is 54.4. The standard InChI is InChI=1S/2C16H35N.C13H29O3P/c2*1-3-5-7-9-11-13-15-17-16-14-12-10-8-6-4-2;1-3-4-5-6-7-8-9-10-11-12-13(2)17(14,15)16/h2*17H,3-16H2,1-2H3;13H,3-12H2,1-2H3,(H2,14,15,16). The largest absolute Gasteiger partial charge is 0.328 e. The monoisotopic (exact) mass is 747 g/mol. The summed E-state index contributed by atoms with van der Waals surface area (Å²) in [6.07, 6.45) is 45.6. The average molecular weight is 747 g/mol. The molecule has 0 heterocycles. The molecular weight excluding hydrogens is 647 g/mol. The van der Waals surface area contributed by atoms with E-state index in [0.717, 1.165) is 12.8 Å². The van der Waals surface area contributed by atoms with Gasteiger partial charge in [0.1, 0.15) is 0 Å². The van der Waals surface area contributed by atoms with Crippen LogP contribution < -0.4 is 10.6 Å². The van der Waals surface area contributed by atoms with Gasteiger partial charge in [-0.15, -0.1) is 0 Å². The molecule has 0 aromatic carbocycles. The third-order valence-electron chi connectivity index (χ3n) is 10.1. The molecule has 0 saturated heterocycles. The molecule has 0 radical (unpaired) electrons. The molecule has 1 atom stereocenters. The summed E-state index contributed by atoms with van der Waals surface area (Å²) in [5.41, 5.74) is -0.466. The summed E-state index contributed by atoms with van der Waals surface area (Å²) in [5, 5.41) is 7.13. The zero-order valence-corrected chi connectivity index (χ0v) is 37.1. The predicted molar refractivity (Wildman–Crippen MR) is 233 cm³/mol. The highest BCUT2D eigenvalue weighted by Crippen LogP contribution is 2.43. The smallest absolute Gasteiger partial charge is 0.324 e. The van der Waals surface area contributed by atoms with E-state index in [-0.39, 0.29) is 0 Å². The van der Waals surface area contributed by atoms with Crippen molar-refractivity contribution in [3.05, 3.63) is 0 Å². The lowest BCUT2D eigenvalue weighted by molar-refractivity contribution is 0.355. The molecule has 6 heteroatoms. The molecule has 0 aliphatic heterocycles. The topological polar surface area (TPSA) is 81.6 Å². The zero-order chi connectivity index (χ0) is 38.4. The van der Waals surface area contributed by atoms with Crippen molar-refractivity contribution in [2.45, 2.75) is 266 Å². The quantitative estimate of drug-likeness (QED) is 0.0372. The fourth-order valence-corrected chi connectivity index (χ4v) is 6.81. The number of nitrogens with one attached hydrogen (secondary N) is 2. The Morgan fingerprint density at radius 2 is 0.549 bits per heavy atom. The highest BCUT2D eigenvalue weighted by molar-refractivity contribution is 7.52. The molecule has 0 aromatic rings. The summed E-state index contributed by atoms with van der Waals surface area (Å²) in [4.78, 5) is 17.8. The molecule has 312 valence electrons. The van der Waals surface area contributed by atoms with Crippen LogP contribution in [0.4, 0.5) is 0 Å². The SMILES string of the molecule is CCCCCCCCCCCC(C)P(=O)(O)O.CCCCCCCCNCCCCCCCC.CCCCCCCCNCCCCCCCC. The van der Waals surface area contributed by atoms with E-state index in [4.69, 9.17) is 9.79 Å². The van der Waals surface area contributed by atoms with E-state index in [0.29, 0.717) is 6.42 Å². The summed E-state index contributed by atoms with van der Waals surface area (Å²) < 4.78 is 10.9. The first-order chi connectivity index (χ1) is 24.8. The lowest BCUT2D eigenvalue weighted by Crippen LogP contribution is -2.16. The Balaban J connectivity index is -0.000000678. The van der Waals surface area contributed by atoms with E-state index in [1.165, 1.54) is 225 Å². The Hall–Kier alpha value is 0.0700. The van der Waals surface area contributed by atoms with Gasteiger partial charge in [0.2, 0.25) is 0 Å². The summed E-state index contributed by atoms with van der Waals surface area (Å²) in [6.45, 7) is 17.9. The number of hydrogen-bond acceptors (Lipinski definition) is 3. The Morgan fingerprint density at radius 3 is 0.765 bits per heavy atom. The maximum absolute atomic E-state index is 10.9. The molecule has 5 nitrogen and oxygen atoms in total. The molecule has 0 rings (SSSR count). The molecule has 51 heavy (non-hydrogen) atoms. The highest BCUT2D eigenvalue weighted by Gasteiger charge is 2.22. The zero-order valence-electron chi connectivity index (χ0n) is 36.2. The van der Waals surface area contributed by atoms with E-state index in [2.05, 4.69) is 45.3 Å². The van der Waals surface area contributed by atoms with Crippen LogP contribution in [-0.2, 0) is 4.57 Å². The van der Waals surface area contributed by atoms with E-state index in [1.807, 2.05) is 0 Å². The van der Waals surface area contributed by atoms with Crippen molar-refractivity contribution in [1.29, 1.82) is 0 Å². The number of hydrogen-bond donors (Lipinski definition) is 4. The minimum Gasteiger partial charge on any atom is -0.324 e. The number of unbranched alkanes of at least 4 members (excludes halogenated alkanes) is 28. The van der Waals surface area contributed by atoms with Gasteiger partial charge in [-0.05, 0) is 58.3 Å². The van der Waals surface area contributed by atoms with E-state index in [1.54, 1.807) is 6.92 Å². The van der Waals surface area contributed by atoms with E-state index >= 15 is 0 Å². The Labute approximate surface area is 323 Å². The summed E-state index contributed by atoms with van der Waals surface area (Å²) in [6, 6.07) is 0. The van der Waals surface area contributed by atoms with Crippen molar-refractivity contribution in [2.75, 3.05) is 26.2 Å². The summed E-state index contributed by atoms with van der Waals surface area (Å²) >= 11 is 0. The molecule has 0 bridgehead atoms. The minimum atomic E-state index is -3.83. The van der Waals surface area contributed by atoms with Crippen LogP contribution in [0.1, 0.15) is 260 Å². The molecule has 0 fully saturated rings. The Bertz CT molecular complexity index is 573. The molecule has 1 unspecified atom stereocenters. The second-order valence-corrected chi connectivity index (χ2v) is 17.7.